The Morgan fingerprint density at radius 2 is 2.05 bits per heavy atom. The highest BCUT2D eigenvalue weighted by atomic mass is 16.1. The van der Waals surface area contributed by atoms with Gasteiger partial charge in [0.05, 0.1) is 0 Å². The van der Waals surface area contributed by atoms with Crippen LogP contribution in [0.5, 0.6) is 0 Å². The van der Waals surface area contributed by atoms with Gasteiger partial charge in [0, 0.05) is 25.5 Å². The van der Waals surface area contributed by atoms with E-state index in [9.17, 15) is 4.79 Å². The molecule has 0 spiro atoms. The van der Waals surface area contributed by atoms with Gasteiger partial charge in [-0.25, -0.2) is 9.97 Å². The van der Waals surface area contributed by atoms with Crippen LogP contribution in [0.25, 0.3) is 0 Å². The summed E-state index contributed by atoms with van der Waals surface area (Å²) in [7, 11) is 1.94. The van der Waals surface area contributed by atoms with Crippen LogP contribution < -0.4 is 10.2 Å². The molecule has 0 saturated heterocycles. The number of hydrogen-bond donors (Lipinski definition) is 1. The Kier molecular flexibility index (Phi) is 5.47. The molecule has 0 unspecified atom stereocenters. The molecule has 0 fully saturated rings. The van der Waals surface area contributed by atoms with Crippen LogP contribution in [0.2, 0.25) is 0 Å². The maximum Gasteiger partial charge on any atom is 0.274 e. The smallest absolute Gasteiger partial charge is 0.274 e. The van der Waals surface area contributed by atoms with E-state index in [1.165, 1.54) is 0 Å². The third-order valence-electron chi connectivity index (χ3n) is 3.46. The predicted molar refractivity (Wildman–Crippen MR) is 89.3 cm³/mol. The Labute approximate surface area is 131 Å². The van der Waals surface area contributed by atoms with Gasteiger partial charge in [-0.2, -0.15) is 0 Å². The van der Waals surface area contributed by atoms with Crippen molar-refractivity contribution in [1.82, 2.24) is 9.97 Å². The van der Waals surface area contributed by atoms with Crippen molar-refractivity contribution in [3.63, 3.8) is 0 Å². The molecule has 5 heteroatoms. The lowest BCUT2D eigenvalue weighted by atomic mass is 10.2. The molecule has 5 nitrogen and oxygen atoms in total. The SMILES string of the molecule is CCCCN(C)c1nccc(C(=O)Nc2ccccc2C)n1. The topological polar surface area (TPSA) is 58.1 Å². The first kappa shape index (κ1) is 15.9. The minimum atomic E-state index is -0.221. The quantitative estimate of drug-likeness (QED) is 0.889. The van der Waals surface area contributed by atoms with Gasteiger partial charge in [0.15, 0.2) is 0 Å². The zero-order valence-corrected chi connectivity index (χ0v) is 13.3. The minimum absolute atomic E-state index is 0.221. The number of benzene rings is 1. The minimum Gasteiger partial charge on any atom is -0.344 e. The van der Waals surface area contributed by atoms with Crippen molar-refractivity contribution in [2.24, 2.45) is 0 Å². The average molecular weight is 298 g/mol. The third kappa shape index (κ3) is 4.04. The zero-order chi connectivity index (χ0) is 15.9. The number of carbonyl (C=O) groups is 1. The van der Waals surface area contributed by atoms with Gasteiger partial charge < -0.3 is 10.2 Å². The van der Waals surface area contributed by atoms with E-state index in [4.69, 9.17) is 0 Å². The second kappa shape index (κ2) is 7.54. The van der Waals surface area contributed by atoms with E-state index in [-0.39, 0.29) is 5.91 Å². The van der Waals surface area contributed by atoms with Crippen LogP contribution in [0.4, 0.5) is 11.6 Å². The Bertz CT molecular complexity index is 642. The first-order valence-corrected chi connectivity index (χ1v) is 7.53. The highest BCUT2D eigenvalue weighted by molar-refractivity contribution is 6.03. The molecule has 0 aliphatic rings. The maximum atomic E-state index is 12.3. The molecule has 1 N–H and O–H groups in total. The standard InChI is InChI=1S/C17H22N4O/c1-4-5-12-21(3)17-18-11-10-15(20-17)16(22)19-14-9-7-6-8-13(14)2/h6-11H,4-5,12H2,1-3H3,(H,19,22). The largest absolute Gasteiger partial charge is 0.344 e. The van der Waals surface area contributed by atoms with E-state index >= 15 is 0 Å². The zero-order valence-electron chi connectivity index (χ0n) is 13.3. The average Bonchev–Trinajstić information content (AvgIpc) is 2.54. The number of amides is 1. The number of carbonyl (C=O) groups excluding carboxylic acids is 1. The fourth-order valence-corrected chi connectivity index (χ4v) is 2.05. The summed E-state index contributed by atoms with van der Waals surface area (Å²) in [5, 5.41) is 2.89. The lowest BCUT2D eigenvalue weighted by Crippen LogP contribution is -2.23. The third-order valence-corrected chi connectivity index (χ3v) is 3.46. The normalized spacial score (nSPS) is 10.3. The first-order chi connectivity index (χ1) is 10.6. The van der Waals surface area contributed by atoms with Crippen LogP contribution in [-0.2, 0) is 0 Å². The summed E-state index contributed by atoms with van der Waals surface area (Å²) in [6, 6.07) is 9.30. The van der Waals surface area contributed by atoms with Crippen molar-refractivity contribution in [2.45, 2.75) is 26.7 Å². The number of rotatable bonds is 6. The first-order valence-electron chi connectivity index (χ1n) is 7.53. The predicted octanol–water partition coefficient (Wildman–Crippen LogP) is 3.27. The molecule has 1 aromatic heterocycles. The lowest BCUT2D eigenvalue weighted by Gasteiger charge is -2.16. The maximum absolute atomic E-state index is 12.3. The molecule has 0 saturated carbocycles. The highest BCUT2D eigenvalue weighted by Crippen LogP contribution is 2.15. The molecule has 2 rings (SSSR count). The lowest BCUT2D eigenvalue weighted by molar-refractivity contribution is 0.102. The second-order valence-electron chi connectivity index (χ2n) is 5.29. The molecule has 0 aliphatic heterocycles. The number of unbranched alkanes of at least 4 members (excludes halogenated alkanes) is 1. The molecule has 1 heterocycles. The summed E-state index contributed by atoms with van der Waals surface area (Å²) in [6.45, 7) is 4.97. The Hall–Kier alpha value is -2.43. The summed E-state index contributed by atoms with van der Waals surface area (Å²) in [6.07, 6.45) is 3.80. The van der Waals surface area contributed by atoms with E-state index in [0.29, 0.717) is 11.6 Å². The number of hydrogen-bond acceptors (Lipinski definition) is 4. The Balaban J connectivity index is 2.12. The van der Waals surface area contributed by atoms with Crippen LogP contribution in [0.1, 0.15) is 35.8 Å². The second-order valence-corrected chi connectivity index (χ2v) is 5.29. The fraction of sp³-hybridized carbons (Fsp3) is 0.353. The fourth-order valence-electron chi connectivity index (χ4n) is 2.05. The van der Waals surface area contributed by atoms with Crippen LogP contribution in [0.3, 0.4) is 0 Å². The van der Waals surface area contributed by atoms with Gasteiger partial charge in [-0.05, 0) is 31.0 Å². The molecule has 1 amide bonds. The number of nitrogens with one attached hydrogen (secondary N) is 1. The summed E-state index contributed by atoms with van der Waals surface area (Å²) >= 11 is 0. The van der Waals surface area contributed by atoms with Crippen molar-refractivity contribution in [3.8, 4) is 0 Å². The van der Waals surface area contributed by atoms with Crippen LogP contribution in [0, 0.1) is 6.92 Å². The van der Waals surface area contributed by atoms with Gasteiger partial charge in [0.25, 0.3) is 5.91 Å². The van der Waals surface area contributed by atoms with E-state index in [1.807, 2.05) is 43.1 Å². The van der Waals surface area contributed by atoms with Gasteiger partial charge in [-0.1, -0.05) is 31.5 Å². The van der Waals surface area contributed by atoms with Gasteiger partial charge in [0.1, 0.15) is 5.69 Å². The monoisotopic (exact) mass is 298 g/mol. The number of nitrogens with zero attached hydrogens (tertiary/aromatic N) is 3. The molecular formula is C17H22N4O. The Morgan fingerprint density at radius 3 is 2.77 bits per heavy atom. The van der Waals surface area contributed by atoms with E-state index < -0.39 is 0 Å². The van der Waals surface area contributed by atoms with E-state index in [1.54, 1.807) is 12.3 Å². The van der Waals surface area contributed by atoms with Crippen molar-refractivity contribution in [3.05, 3.63) is 47.8 Å². The Morgan fingerprint density at radius 1 is 1.27 bits per heavy atom. The highest BCUT2D eigenvalue weighted by Gasteiger charge is 2.12. The summed E-state index contributed by atoms with van der Waals surface area (Å²) in [5.41, 5.74) is 2.19. The van der Waals surface area contributed by atoms with Crippen molar-refractivity contribution in [1.29, 1.82) is 0 Å². The van der Waals surface area contributed by atoms with E-state index in [2.05, 4.69) is 22.2 Å². The molecule has 2 aromatic rings. The van der Waals surface area contributed by atoms with Gasteiger partial charge >= 0.3 is 0 Å². The molecular weight excluding hydrogens is 276 g/mol. The molecule has 0 atom stereocenters. The number of para-hydroxylation sites is 1. The van der Waals surface area contributed by atoms with Crippen molar-refractivity contribution in [2.75, 3.05) is 23.8 Å². The number of aromatic nitrogens is 2. The summed E-state index contributed by atoms with van der Waals surface area (Å²) in [4.78, 5) is 22.9. The molecule has 1 aromatic carbocycles. The number of aryl methyl sites for hydroxylation is 1. The van der Waals surface area contributed by atoms with Gasteiger partial charge in [-0.15, -0.1) is 0 Å². The molecule has 0 aliphatic carbocycles. The van der Waals surface area contributed by atoms with Gasteiger partial charge in [0.2, 0.25) is 5.95 Å². The van der Waals surface area contributed by atoms with E-state index in [0.717, 1.165) is 30.6 Å². The molecule has 116 valence electrons. The van der Waals surface area contributed by atoms with Crippen LogP contribution >= 0.6 is 0 Å². The molecule has 22 heavy (non-hydrogen) atoms. The molecule has 0 bridgehead atoms. The number of anilines is 2. The van der Waals surface area contributed by atoms with Crippen molar-refractivity contribution >= 4 is 17.5 Å². The van der Waals surface area contributed by atoms with Gasteiger partial charge in [-0.3, -0.25) is 4.79 Å². The van der Waals surface area contributed by atoms with Crippen LogP contribution in [-0.4, -0.2) is 29.5 Å². The van der Waals surface area contributed by atoms with Crippen molar-refractivity contribution < 1.29 is 4.79 Å². The summed E-state index contributed by atoms with van der Waals surface area (Å²) < 4.78 is 0. The molecule has 0 radical (unpaired) electrons. The van der Waals surface area contributed by atoms with Crippen LogP contribution in [0.15, 0.2) is 36.5 Å². The summed E-state index contributed by atoms with van der Waals surface area (Å²) in [5.74, 6) is 0.354.